The number of hydrogen-bond acceptors (Lipinski definition) is 6. The molecule has 2 aromatic rings. The average molecular weight is 377 g/mol. The number of carbonyl (C=O) groups is 3. The summed E-state index contributed by atoms with van der Waals surface area (Å²) in [5.41, 5.74) is 0.483. The van der Waals surface area contributed by atoms with Crippen LogP contribution in [-0.4, -0.2) is 34.2 Å². The lowest BCUT2D eigenvalue weighted by atomic mass is 10.1. The van der Waals surface area contributed by atoms with Crippen molar-refractivity contribution in [3.8, 4) is 0 Å². The van der Waals surface area contributed by atoms with Gasteiger partial charge in [-0.2, -0.15) is 0 Å². The van der Waals surface area contributed by atoms with Gasteiger partial charge in [-0.3, -0.25) is 19.7 Å². The molecule has 142 valence electrons. The first kappa shape index (κ1) is 19.8. The summed E-state index contributed by atoms with van der Waals surface area (Å²) >= 11 is 0. The monoisotopic (exact) mass is 377 g/mol. The van der Waals surface area contributed by atoms with Crippen LogP contribution in [0.3, 0.4) is 0 Å². The van der Waals surface area contributed by atoms with Gasteiger partial charge in [0.2, 0.25) is 0 Å². The quantitative estimate of drug-likeness (QED) is 0.344. The van der Waals surface area contributed by atoms with Gasteiger partial charge in [0, 0.05) is 23.4 Å². The van der Waals surface area contributed by atoms with E-state index in [0.29, 0.717) is 16.8 Å². The van der Waals surface area contributed by atoms with E-state index in [-0.39, 0.29) is 11.5 Å². The minimum Gasteiger partial charge on any atom is -0.451 e. The average Bonchev–Trinajstić information content (AvgIpc) is 2.89. The van der Waals surface area contributed by atoms with E-state index in [0.717, 1.165) is 18.2 Å². The van der Waals surface area contributed by atoms with Gasteiger partial charge in [-0.05, 0) is 32.4 Å². The van der Waals surface area contributed by atoms with Crippen molar-refractivity contribution in [2.45, 2.75) is 20.8 Å². The third-order valence-corrected chi connectivity index (χ3v) is 3.76. The highest BCUT2D eigenvalue weighted by Gasteiger charge is 2.22. The fourth-order valence-corrected chi connectivity index (χ4v) is 2.59. The van der Waals surface area contributed by atoms with Crippen LogP contribution in [0, 0.1) is 29.8 Å². The number of amides is 1. The second-order valence-electron chi connectivity index (χ2n) is 5.73. The number of ether oxygens (including phenoxy) is 1. The summed E-state index contributed by atoms with van der Waals surface area (Å²) in [6.07, 6.45) is 0. The zero-order valence-corrected chi connectivity index (χ0v) is 14.7. The van der Waals surface area contributed by atoms with Crippen LogP contribution >= 0.6 is 0 Å². The number of ketones is 1. The fourth-order valence-electron chi connectivity index (χ4n) is 2.59. The van der Waals surface area contributed by atoms with Crippen LogP contribution in [0.2, 0.25) is 0 Å². The van der Waals surface area contributed by atoms with Crippen molar-refractivity contribution >= 4 is 29.0 Å². The number of rotatable bonds is 6. The molecule has 9 nitrogen and oxygen atoms in total. The second kappa shape index (κ2) is 7.77. The molecule has 0 saturated heterocycles. The third kappa shape index (κ3) is 4.35. The van der Waals surface area contributed by atoms with Crippen LogP contribution in [0.15, 0.2) is 18.2 Å². The van der Waals surface area contributed by atoms with Crippen LogP contribution in [0.25, 0.3) is 0 Å². The van der Waals surface area contributed by atoms with Gasteiger partial charge in [0.25, 0.3) is 11.6 Å². The Bertz CT molecular complexity index is 950. The lowest BCUT2D eigenvalue weighted by molar-refractivity contribution is -0.384. The molecule has 1 heterocycles. The van der Waals surface area contributed by atoms with Crippen LogP contribution in [0.4, 0.5) is 15.8 Å². The molecule has 0 atom stereocenters. The minimum absolute atomic E-state index is 0.0343. The number of hydrogen-bond donors (Lipinski definition) is 2. The molecule has 0 radical (unpaired) electrons. The first-order valence-corrected chi connectivity index (χ1v) is 7.72. The number of esters is 1. The third-order valence-electron chi connectivity index (χ3n) is 3.76. The van der Waals surface area contributed by atoms with Crippen molar-refractivity contribution in [1.82, 2.24) is 4.98 Å². The predicted octanol–water partition coefficient (Wildman–Crippen LogP) is 2.68. The number of nitro groups is 1. The number of aromatic nitrogens is 1. The number of halogens is 1. The lowest BCUT2D eigenvalue weighted by Crippen LogP contribution is -2.22. The molecule has 0 aliphatic rings. The van der Waals surface area contributed by atoms with Gasteiger partial charge < -0.3 is 15.0 Å². The highest BCUT2D eigenvalue weighted by molar-refractivity contribution is 6.01. The Morgan fingerprint density at radius 2 is 1.96 bits per heavy atom. The molecule has 0 fully saturated rings. The summed E-state index contributed by atoms with van der Waals surface area (Å²) in [5, 5.41) is 12.8. The molecule has 0 saturated carbocycles. The molecule has 0 unspecified atom stereocenters. The van der Waals surface area contributed by atoms with E-state index < -0.39 is 40.6 Å². The first-order valence-electron chi connectivity index (χ1n) is 7.72. The SMILES string of the molecule is CC(=O)c1c(C)[nH]c(C(=O)OCC(=O)Nc2cc([N+](=O)[O-])ccc2F)c1C. The Morgan fingerprint density at radius 3 is 2.52 bits per heavy atom. The predicted molar refractivity (Wildman–Crippen MR) is 92.2 cm³/mol. The smallest absolute Gasteiger partial charge is 0.355 e. The summed E-state index contributed by atoms with van der Waals surface area (Å²) in [4.78, 5) is 48.3. The summed E-state index contributed by atoms with van der Waals surface area (Å²) in [6.45, 7) is 3.81. The number of carbonyl (C=O) groups excluding carboxylic acids is 3. The molecule has 0 aliphatic carbocycles. The molecule has 0 aliphatic heterocycles. The van der Waals surface area contributed by atoms with Gasteiger partial charge >= 0.3 is 5.97 Å². The van der Waals surface area contributed by atoms with Gasteiger partial charge in [-0.15, -0.1) is 0 Å². The Morgan fingerprint density at radius 1 is 1.30 bits per heavy atom. The molecule has 0 bridgehead atoms. The number of anilines is 1. The zero-order chi connectivity index (χ0) is 20.3. The summed E-state index contributed by atoms with van der Waals surface area (Å²) in [6, 6.07) is 2.65. The molecule has 0 spiro atoms. The summed E-state index contributed by atoms with van der Waals surface area (Å²) in [5.74, 6) is -2.84. The Balaban J connectivity index is 2.05. The van der Waals surface area contributed by atoms with Gasteiger partial charge in [0.1, 0.15) is 11.5 Å². The van der Waals surface area contributed by atoms with E-state index in [9.17, 15) is 28.9 Å². The van der Waals surface area contributed by atoms with Crippen molar-refractivity contribution in [3.05, 3.63) is 56.6 Å². The Labute approximate surface area is 152 Å². The molecule has 10 heteroatoms. The molecule has 1 amide bonds. The maximum Gasteiger partial charge on any atom is 0.355 e. The number of H-pyrrole nitrogens is 1. The molecule has 1 aromatic heterocycles. The van der Waals surface area contributed by atoms with Crippen molar-refractivity contribution in [2.75, 3.05) is 11.9 Å². The Hall–Kier alpha value is -3.56. The van der Waals surface area contributed by atoms with E-state index in [1.807, 2.05) is 0 Å². The highest BCUT2D eigenvalue weighted by atomic mass is 19.1. The molecule has 27 heavy (non-hydrogen) atoms. The largest absolute Gasteiger partial charge is 0.451 e. The van der Waals surface area contributed by atoms with E-state index in [2.05, 4.69) is 10.3 Å². The standard InChI is InChI=1S/C17H16FN3O6/c1-8-15(10(3)22)9(2)19-16(8)17(24)27-7-14(23)20-13-6-11(21(25)26)4-5-12(13)18/h4-6,19H,7H2,1-3H3,(H,20,23). The molecule has 2 rings (SSSR count). The topological polar surface area (TPSA) is 131 Å². The molecular formula is C17H16FN3O6. The van der Waals surface area contributed by atoms with Crippen LogP contribution in [-0.2, 0) is 9.53 Å². The summed E-state index contributed by atoms with van der Waals surface area (Å²) < 4.78 is 18.5. The number of benzene rings is 1. The molecule has 2 N–H and O–H groups in total. The number of nitrogens with one attached hydrogen (secondary N) is 2. The number of aryl methyl sites for hydroxylation is 1. The highest BCUT2D eigenvalue weighted by Crippen LogP contribution is 2.21. The first-order chi connectivity index (χ1) is 12.6. The maximum absolute atomic E-state index is 13.7. The minimum atomic E-state index is -0.879. The zero-order valence-electron chi connectivity index (χ0n) is 14.7. The van der Waals surface area contributed by atoms with Crippen LogP contribution in [0.5, 0.6) is 0 Å². The van der Waals surface area contributed by atoms with Gasteiger partial charge in [0.05, 0.1) is 10.6 Å². The lowest BCUT2D eigenvalue weighted by Gasteiger charge is -2.07. The fraction of sp³-hybridized carbons (Fsp3) is 0.235. The normalized spacial score (nSPS) is 10.4. The number of non-ortho nitro benzene ring substituents is 1. The van der Waals surface area contributed by atoms with Gasteiger partial charge in [0.15, 0.2) is 12.4 Å². The van der Waals surface area contributed by atoms with E-state index >= 15 is 0 Å². The van der Waals surface area contributed by atoms with Gasteiger partial charge in [-0.1, -0.05) is 0 Å². The van der Waals surface area contributed by atoms with E-state index in [1.54, 1.807) is 13.8 Å². The maximum atomic E-state index is 13.7. The Kier molecular flexibility index (Phi) is 5.69. The summed E-state index contributed by atoms with van der Waals surface area (Å²) in [7, 11) is 0. The molecule has 1 aromatic carbocycles. The van der Waals surface area contributed by atoms with E-state index in [4.69, 9.17) is 4.74 Å². The van der Waals surface area contributed by atoms with Crippen LogP contribution < -0.4 is 5.32 Å². The molecular weight excluding hydrogens is 361 g/mol. The van der Waals surface area contributed by atoms with Crippen molar-refractivity contribution < 1.29 is 28.4 Å². The van der Waals surface area contributed by atoms with Crippen LogP contribution in [0.1, 0.15) is 39.0 Å². The van der Waals surface area contributed by atoms with Crippen molar-refractivity contribution in [3.63, 3.8) is 0 Å². The second-order valence-corrected chi connectivity index (χ2v) is 5.73. The number of aromatic amines is 1. The van der Waals surface area contributed by atoms with Gasteiger partial charge in [-0.25, -0.2) is 9.18 Å². The van der Waals surface area contributed by atoms with E-state index in [1.165, 1.54) is 6.92 Å². The number of nitrogens with zero attached hydrogens (tertiary/aromatic N) is 1. The van der Waals surface area contributed by atoms with Crippen molar-refractivity contribution in [2.24, 2.45) is 0 Å². The number of Topliss-reactive ketones (excluding diaryl/α,β-unsaturated/α-hetero) is 1. The van der Waals surface area contributed by atoms with Crippen molar-refractivity contribution in [1.29, 1.82) is 0 Å². The number of nitro benzene ring substituents is 1.